The van der Waals surface area contributed by atoms with Crippen LogP contribution in [-0.4, -0.2) is 13.0 Å². The first-order valence-electron chi connectivity index (χ1n) is 10.5. The molecule has 0 amide bonds. The van der Waals surface area contributed by atoms with Gasteiger partial charge in [0.05, 0.1) is 4.90 Å². The fourth-order valence-electron chi connectivity index (χ4n) is 3.58. The second-order valence-electron chi connectivity index (χ2n) is 7.58. The van der Waals surface area contributed by atoms with Gasteiger partial charge in [-0.05, 0) is 41.3 Å². The van der Waals surface area contributed by atoms with Crippen molar-refractivity contribution in [2.75, 3.05) is 0 Å². The monoisotopic (exact) mass is 428 g/mol. The fraction of sp³-hybridized carbons (Fsp3) is 0.565. The van der Waals surface area contributed by atoms with Crippen molar-refractivity contribution >= 4 is 20.9 Å². The Bertz CT molecular complexity index is 803. The Kier molecular flexibility index (Phi) is 13.4. The van der Waals surface area contributed by atoms with Crippen molar-refractivity contribution in [2.45, 2.75) is 88.9 Å². The van der Waals surface area contributed by atoms with Gasteiger partial charge in [0, 0.05) is 0 Å². The van der Waals surface area contributed by atoms with E-state index in [2.05, 4.69) is 13.0 Å². The van der Waals surface area contributed by atoms with E-state index in [4.69, 9.17) is 0 Å². The van der Waals surface area contributed by atoms with Crippen LogP contribution in [0.4, 0.5) is 0 Å². The Morgan fingerprint density at radius 1 is 0.714 bits per heavy atom. The van der Waals surface area contributed by atoms with E-state index in [0.717, 1.165) is 17.2 Å². The van der Waals surface area contributed by atoms with Gasteiger partial charge in [0.15, 0.2) is 0 Å². The number of hydrogen-bond donors (Lipinski definition) is 0. The number of aryl methyl sites for hydroxylation is 1. The Balaban J connectivity index is 0.00000392. The molecule has 0 N–H and O–H groups in total. The number of benzene rings is 2. The van der Waals surface area contributed by atoms with Crippen LogP contribution in [0.5, 0.6) is 0 Å². The third-order valence-corrected chi connectivity index (χ3v) is 6.07. The van der Waals surface area contributed by atoms with Crippen molar-refractivity contribution in [1.29, 1.82) is 0 Å². The summed E-state index contributed by atoms with van der Waals surface area (Å²) in [4.78, 5) is -0.159. The summed E-state index contributed by atoms with van der Waals surface area (Å²) in [7, 11) is -4.39. The van der Waals surface area contributed by atoms with Crippen LogP contribution < -0.4 is 51.4 Å². The quantitative estimate of drug-likeness (QED) is 0.278. The van der Waals surface area contributed by atoms with E-state index in [1.165, 1.54) is 88.3 Å². The largest absolute Gasteiger partial charge is 1.00 e. The summed E-state index contributed by atoms with van der Waals surface area (Å²) >= 11 is 0. The van der Waals surface area contributed by atoms with Crippen molar-refractivity contribution in [1.82, 2.24) is 0 Å². The topological polar surface area (TPSA) is 57.2 Å². The van der Waals surface area contributed by atoms with Crippen molar-refractivity contribution in [3.8, 4) is 0 Å². The molecule has 0 spiro atoms. The Labute approximate surface area is 213 Å². The second-order valence-corrected chi connectivity index (χ2v) is 8.96. The van der Waals surface area contributed by atoms with E-state index < -0.39 is 10.1 Å². The zero-order valence-corrected chi connectivity index (χ0v) is 21.5. The molecule has 0 saturated heterocycles. The molecular formula is C23H33KO3S. The summed E-state index contributed by atoms with van der Waals surface area (Å²) in [6.45, 7) is 2.26. The van der Waals surface area contributed by atoms with Crippen LogP contribution in [0.2, 0.25) is 0 Å². The third-order valence-electron chi connectivity index (χ3n) is 5.23. The summed E-state index contributed by atoms with van der Waals surface area (Å²) in [5, 5.41) is 1.79. The van der Waals surface area contributed by atoms with Crippen LogP contribution in [0.1, 0.15) is 83.1 Å². The molecule has 0 fully saturated rings. The predicted molar refractivity (Wildman–Crippen MR) is 112 cm³/mol. The standard InChI is InChI=1S/C23H34O3S.K/c1-2-3-4-5-6-7-8-9-10-11-12-13-20-14-15-22-19-23(27(24,25)26)17-16-21(22)18-20;/h14-19H,2-13H2,1H3,(H,24,25,26);/q;+1/p-1. The normalized spacial score (nSPS) is 11.5. The van der Waals surface area contributed by atoms with Gasteiger partial charge in [-0.3, -0.25) is 0 Å². The molecule has 28 heavy (non-hydrogen) atoms. The average Bonchev–Trinajstić information content (AvgIpc) is 2.65. The van der Waals surface area contributed by atoms with Gasteiger partial charge in [-0.25, -0.2) is 8.42 Å². The van der Waals surface area contributed by atoms with Crippen LogP contribution in [0.15, 0.2) is 41.3 Å². The molecule has 2 aromatic rings. The molecule has 2 rings (SSSR count). The zero-order chi connectivity index (χ0) is 19.5. The average molecular weight is 429 g/mol. The molecule has 0 heterocycles. The van der Waals surface area contributed by atoms with Gasteiger partial charge in [0.1, 0.15) is 10.1 Å². The molecule has 0 radical (unpaired) electrons. The van der Waals surface area contributed by atoms with Crippen LogP contribution >= 0.6 is 0 Å². The SMILES string of the molecule is CCCCCCCCCCCCCc1ccc2cc(S(=O)(=O)[O-])ccc2c1.[K+]. The van der Waals surface area contributed by atoms with Crippen LogP contribution in [0.3, 0.4) is 0 Å². The van der Waals surface area contributed by atoms with E-state index in [9.17, 15) is 13.0 Å². The molecular weight excluding hydrogens is 395 g/mol. The van der Waals surface area contributed by atoms with Gasteiger partial charge in [-0.15, -0.1) is 0 Å². The van der Waals surface area contributed by atoms with Crippen LogP contribution in [-0.2, 0) is 16.5 Å². The first kappa shape index (κ1) is 26.3. The van der Waals surface area contributed by atoms with Crippen molar-refractivity contribution in [3.05, 3.63) is 42.0 Å². The van der Waals surface area contributed by atoms with Gasteiger partial charge < -0.3 is 4.55 Å². The minimum atomic E-state index is -4.39. The molecule has 0 aromatic heterocycles. The van der Waals surface area contributed by atoms with Gasteiger partial charge >= 0.3 is 51.4 Å². The van der Waals surface area contributed by atoms with Gasteiger partial charge in [0.25, 0.3) is 0 Å². The minimum Gasteiger partial charge on any atom is -0.744 e. The van der Waals surface area contributed by atoms with Crippen molar-refractivity contribution in [3.63, 3.8) is 0 Å². The summed E-state index contributed by atoms with van der Waals surface area (Å²) < 4.78 is 33.3. The molecule has 0 aliphatic heterocycles. The Morgan fingerprint density at radius 2 is 1.21 bits per heavy atom. The maximum atomic E-state index is 11.1. The second kappa shape index (κ2) is 14.3. The number of unbranched alkanes of at least 4 members (excludes halogenated alkanes) is 10. The first-order chi connectivity index (χ1) is 13.0. The number of hydrogen-bond acceptors (Lipinski definition) is 3. The molecule has 0 bridgehead atoms. The summed E-state index contributed by atoms with van der Waals surface area (Å²) in [5.41, 5.74) is 1.27. The number of rotatable bonds is 13. The smallest absolute Gasteiger partial charge is 0.744 e. The Morgan fingerprint density at radius 3 is 1.79 bits per heavy atom. The van der Waals surface area contributed by atoms with E-state index in [0.29, 0.717) is 0 Å². The number of fused-ring (bicyclic) bond motifs is 1. The fourth-order valence-corrected chi connectivity index (χ4v) is 4.08. The minimum absolute atomic E-state index is 0. The molecule has 150 valence electrons. The van der Waals surface area contributed by atoms with Crippen molar-refractivity contribution < 1.29 is 64.4 Å². The molecule has 2 aromatic carbocycles. The molecule has 0 saturated carbocycles. The third kappa shape index (κ3) is 9.83. The van der Waals surface area contributed by atoms with E-state index in [-0.39, 0.29) is 56.3 Å². The zero-order valence-electron chi connectivity index (χ0n) is 17.6. The van der Waals surface area contributed by atoms with Crippen molar-refractivity contribution in [2.24, 2.45) is 0 Å². The maximum absolute atomic E-state index is 11.1. The molecule has 0 unspecified atom stereocenters. The molecule has 5 heteroatoms. The molecule has 0 atom stereocenters. The molecule has 3 nitrogen and oxygen atoms in total. The molecule has 0 aliphatic rings. The van der Waals surface area contributed by atoms with Gasteiger partial charge in [-0.1, -0.05) is 95.4 Å². The van der Waals surface area contributed by atoms with Gasteiger partial charge in [0.2, 0.25) is 0 Å². The van der Waals surface area contributed by atoms with E-state index >= 15 is 0 Å². The summed E-state index contributed by atoms with van der Waals surface area (Å²) in [6, 6.07) is 10.6. The van der Waals surface area contributed by atoms with E-state index in [1.807, 2.05) is 12.1 Å². The summed E-state index contributed by atoms with van der Waals surface area (Å²) in [6.07, 6.45) is 15.8. The van der Waals surface area contributed by atoms with Gasteiger partial charge in [-0.2, -0.15) is 0 Å². The van der Waals surface area contributed by atoms with E-state index in [1.54, 1.807) is 6.07 Å². The predicted octanol–water partition coefficient (Wildman–Crippen LogP) is 3.60. The molecule has 0 aliphatic carbocycles. The summed E-state index contributed by atoms with van der Waals surface area (Å²) in [5.74, 6) is 0. The first-order valence-corrected chi connectivity index (χ1v) is 11.9. The van der Waals surface area contributed by atoms with Crippen LogP contribution in [0.25, 0.3) is 10.8 Å². The van der Waals surface area contributed by atoms with Crippen LogP contribution in [0, 0.1) is 0 Å². The maximum Gasteiger partial charge on any atom is 1.00 e. The Hall–Kier alpha value is 0.246.